The molecule has 0 amide bonds. The fourth-order valence-electron chi connectivity index (χ4n) is 0.773. The number of rotatable bonds is 1. The molecule has 4 heteroatoms. The highest BCUT2D eigenvalue weighted by atomic mass is 16.1. The van der Waals surface area contributed by atoms with Crippen LogP contribution >= 0.6 is 0 Å². The van der Waals surface area contributed by atoms with Gasteiger partial charge < -0.3 is 0 Å². The first-order valence-electron chi connectivity index (χ1n) is 3.22. The molecule has 0 atom stereocenters. The summed E-state index contributed by atoms with van der Waals surface area (Å²) in [5.74, 6) is 0. The third-order valence-electron chi connectivity index (χ3n) is 1.31. The van der Waals surface area contributed by atoms with Crippen LogP contribution in [0.15, 0.2) is 17.3 Å². The van der Waals surface area contributed by atoms with Gasteiger partial charge in [0.05, 0.1) is 11.3 Å². The zero-order chi connectivity index (χ0) is 8.97. The molecule has 0 aromatic carbocycles. The smallest absolute Gasteiger partial charge is 0.240 e. The van der Waals surface area contributed by atoms with E-state index >= 15 is 0 Å². The molecule has 1 heterocycles. The van der Waals surface area contributed by atoms with Crippen molar-refractivity contribution in [2.45, 2.75) is 6.92 Å². The highest BCUT2D eigenvalue weighted by molar-refractivity contribution is 5.57. The second-order valence-corrected chi connectivity index (χ2v) is 2.16. The van der Waals surface area contributed by atoms with E-state index in [0.717, 1.165) is 0 Å². The van der Waals surface area contributed by atoms with Gasteiger partial charge in [-0.1, -0.05) is 0 Å². The predicted molar refractivity (Wildman–Crippen MR) is 41.5 cm³/mol. The van der Waals surface area contributed by atoms with E-state index in [1.807, 2.05) is 6.07 Å². The van der Waals surface area contributed by atoms with Gasteiger partial charge in [0.25, 0.3) is 0 Å². The molecule has 0 N–H and O–H groups in total. The quantitative estimate of drug-likeness (QED) is 0.457. The van der Waals surface area contributed by atoms with Gasteiger partial charge in [-0.25, -0.2) is 4.79 Å². The first kappa shape index (κ1) is 8.12. The van der Waals surface area contributed by atoms with Gasteiger partial charge in [-0.15, -0.1) is 0 Å². The van der Waals surface area contributed by atoms with Gasteiger partial charge in [0.1, 0.15) is 6.07 Å². The number of nitriles is 1. The van der Waals surface area contributed by atoms with Crippen molar-refractivity contribution in [1.82, 2.24) is 4.98 Å². The summed E-state index contributed by atoms with van der Waals surface area (Å²) < 4.78 is 0. The van der Waals surface area contributed by atoms with E-state index in [-0.39, 0.29) is 5.56 Å². The normalized spacial score (nSPS) is 8.33. The summed E-state index contributed by atoms with van der Waals surface area (Å²) in [5.41, 5.74) is 1.31. The number of aryl methyl sites for hydroxylation is 1. The second-order valence-electron chi connectivity index (χ2n) is 2.16. The molecular formula is C8H5N3O. The van der Waals surface area contributed by atoms with Crippen molar-refractivity contribution in [2.24, 2.45) is 4.99 Å². The van der Waals surface area contributed by atoms with E-state index in [9.17, 15) is 4.79 Å². The molecule has 0 radical (unpaired) electrons. The number of pyridine rings is 1. The minimum absolute atomic E-state index is 0.281. The van der Waals surface area contributed by atoms with Gasteiger partial charge in [0.2, 0.25) is 6.08 Å². The van der Waals surface area contributed by atoms with Gasteiger partial charge >= 0.3 is 0 Å². The molecule has 0 spiro atoms. The SMILES string of the molecule is Cc1cc(N=C=O)c(C#N)cn1. The zero-order valence-corrected chi connectivity index (χ0v) is 6.40. The van der Waals surface area contributed by atoms with Crippen molar-refractivity contribution in [1.29, 1.82) is 5.26 Å². The number of hydrogen-bond acceptors (Lipinski definition) is 4. The first-order valence-corrected chi connectivity index (χ1v) is 3.22. The van der Waals surface area contributed by atoms with E-state index in [1.165, 1.54) is 12.3 Å². The Morgan fingerprint density at radius 1 is 1.67 bits per heavy atom. The van der Waals surface area contributed by atoms with E-state index < -0.39 is 0 Å². The Labute approximate surface area is 69.2 Å². The van der Waals surface area contributed by atoms with E-state index in [4.69, 9.17) is 5.26 Å². The predicted octanol–water partition coefficient (Wildman–Crippen LogP) is 1.23. The molecule has 0 unspecified atom stereocenters. The molecule has 4 nitrogen and oxygen atoms in total. The van der Waals surface area contributed by atoms with E-state index in [2.05, 4.69) is 9.98 Å². The average Bonchev–Trinajstić information content (AvgIpc) is 2.05. The van der Waals surface area contributed by atoms with Gasteiger partial charge in [-0.3, -0.25) is 4.98 Å². The van der Waals surface area contributed by atoms with Crippen LogP contribution in [0.3, 0.4) is 0 Å². The second kappa shape index (κ2) is 3.42. The third-order valence-corrected chi connectivity index (χ3v) is 1.31. The molecule has 0 saturated carbocycles. The molecule has 0 fully saturated rings. The minimum Gasteiger partial charge on any atom is -0.260 e. The summed E-state index contributed by atoms with van der Waals surface area (Å²) in [6.45, 7) is 1.75. The fraction of sp³-hybridized carbons (Fsp3) is 0.125. The lowest BCUT2D eigenvalue weighted by Crippen LogP contribution is -1.83. The van der Waals surface area contributed by atoms with Gasteiger partial charge in [-0.2, -0.15) is 10.3 Å². The van der Waals surface area contributed by atoms with Crippen LogP contribution in [0.2, 0.25) is 0 Å². The number of aliphatic imine (C=N–C) groups is 1. The monoisotopic (exact) mass is 159 g/mol. The number of isocyanates is 1. The zero-order valence-electron chi connectivity index (χ0n) is 6.40. The molecule has 0 bridgehead atoms. The van der Waals surface area contributed by atoms with Crippen molar-refractivity contribution in [3.63, 3.8) is 0 Å². The minimum atomic E-state index is 0.281. The lowest BCUT2D eigenvalue weighted by atomic mass is 10.2. The molecule has 12 heavy (non-hydrogen) atoms. The molecule has 1 aromatic rings. The fourth-order valence-corrected chi connectivity index (χ4v) is 0.773. The number of nitrogens with zero attached hydrogens (tertiary/aromatic N) is 3. The highest BCUT2D eigenvalue weighted by Crippen LogP contribution is 2.16. The van der Waals surface area contributed by atoms with Gasteiger partial charge in [0, 0.05) is 11.9 Å². The van der Waals surface area contributed by atoms with Crippen LogP contribution in [-0.4, -0.2) is 11.1 Å². The molecule has 58 valence electrons. The van der Waals surface area contributed by atoms with Gasteiger partial charge in [0.15, 0.2) is 0 Å². The first-order chi connectivity index (χ1) is 5.77. The van der Waals surface area contributed by atoms with Crippen molar-refractivity contribution in [2.75, 3.05) is 0 Å². The molecule has 1 aromatic heterocycles. The van der Waals surface area contributed by atoms with Crippen molar-refractivity contribution >= 4 is 11.8 Å². The average molecular weight is 159 g/mol. The summed E-state index contributed by atoms with van der Waals surface area (Å²) in [4.78, 5) is 17.2. The van der Waals surface area contributed by atoms with Crippen molar-refractivity contribution in [3.05, 3.63) is 23.5 Å². The van der Waals surface area contributed by atoms with E-state index in [0.29, 0.717) is 11.4 Å². The third kappa shape index (κ3) is 1.54. The van der Waals surface area contributed by atoms with Crippen LogP contribution in [0, 0.1) is 18.3 Å². The summed E-state index contributed by atoms with van der Waals surface area (Å²) >= 11 is 0. The maximum atomic E-state index is 9.93. The summed E-state index contributed by atoms with van der Waals surface area (Å²) in [5, 5.41) is 8.56. The molecule has 0 saturated heterocycles. The maximum absolute atomic E-state index is 9.93. The van der Waals surface area contributed by atoms with Crippen LogP contribution in [0.5, 0.6) is 0 Å². The highest BCUT2D eigenvalue weighted by Gasteiger charge is 2.00. The Morgan fingerprint density at radius 2 is 2.42 bits per heavy atom. The standard InChI is InChI=1S/C8H5N3O/c1-6-2-8(11-5-12)7(3-9)4-10-6/h2,4H,1H3. The largest absolute Gasteiger partial charge is 0.260 e. The lowest BCUT2D eigenvalue weighted by molar-refractivity contribution is 0.565. The molecular weight excluding hydrogens is 154 g/mol. The Kier molecular flexibility index (Phi) is 2.32. The Hall–Kier alpha value is -1.98. The maximum Gasteiger partial charge on any atom is 0.240 e. The van der Waals surface area contributed by atoms with Crippen molar-refractivity contribution < 1.29 is 4.79 Å². The van der Waals surface area contributed by atoms with Crippen LogP contribution < -0.4 is 0 Å². The Morgan fingerprint density at radius 3 is 3.00 bits per heavy atom. The van der Waals surface area contributed by atoms with Crippen LogP contribution in [0.25, 0.3) is 0 Å². The number of hydrogen-bond donors (Lipinski definition) is 0. The van der Waals surface area contributed by atoms with E-state index in [1.54, 1.807) is 13.0 Å². The Bertz CT molecular complexity index is 386. The molecule has 0 aliphatic carbocycles. The number of aromatic nitrogens is 1. The number of carbonyl (C=O) groups excluding carboxylic acids is 1. The van der Waals surface area contributed by atoms with Crippen molar-refractivity contribution in [3.8, 4) is 6.07 Å². The molecule has 1 rings (SSSR count). The topological polar surface area (TPSA) is 66.1 Å². The summed E-state index contributed by atoms with van der Waals surface area (Å²) in [6, 6.07) is 3.43. The van der Waals surface area contributed by atoms with Crippen LogP contribution in [-0.2, 0) is 4.79 Å². The Balaban J connectivity index is 3.33. The van der Waals surface area contributed by atoms with Gasteiger partial charge in [-0.05, 0) is 13.0 Å². The lowest BCUT2D eigenvalue weighted by Gasteiger charge is -1.94. The van der Waals surface area contributed by atoms with Crippen LogP contribution in [0.4, 0.5) is 5.69 Å². The molecule has 0 aliphatic heterocycles. The van der Waals surface area contributed by atoms with Crippen LogP contribution in [0.1, 0.15) is 11.3 Å². The summed E-state index contributed by atoms with van der Waals surface area (Å²) in [6.07, 6.45) is 2.76. The summed E-state index contributed by atoms with van der Waals surface area (Å²) in [7, 11) is 0. The molecule has 0 aliphatic rings.